The van der Waals surface area contributed by atoms with Gasteiger partial charge in [-0.3, -0.25) is 0 Å². The summed E-state index contributed by atoms with van der Waals surface area (Å²) in [5.41, 5.74) is -0.262. The molecular weight excluding hydrogens is 182 g/mol. The summed E-state index contributed by atoms with van der Waals surface area (Å²) in [5, 5.41) is 9.88. The Morgan fingerprint density at radius 2 is 2.33 bits per heavy atom. The summed E-state index contributed by atoms with van der Waals surface area (Å²) in [4.78, 5) is 21.3. The van der Waals surface area contributed by atoms with Crippen LogP contribution in [-0.2, 0) is 4.74 Å². The molecule has 0 amide bonds. The molecule has 64 valence electrons. The van der Waals surface area contributed by atoms with Gasteiger partial charge < -0.3 is 9.84 Å². The normalized spacial score (nSPS) is 9.42. The Labute approximate surface area is 71.8 Å². The third kappa shape index (κ3) is 1.42. The number of aromatic nitrogens is 1. The number of esters is 1. The highest BCUT2D eigenvalue weighted by Gasteiger charge is 2.19. The van der Waals surface area contributed by atoms with Crippen molar-refractivity contribution >= 4 is 23.5 Å². The summed E-state index contributed by atoms with van der Waals surface area (Å²) < 4.78 is 7.88. The number of nitrogens with zero attached hydrogens (tertiary/aromatic N) is 1. The number of carboxylic acids is 1. The number of carboxylic acid groups (broad SMARTS) is 1. The van der Waals surface area contributed by atoms with E-state index in [-0.39, 0.29) is 11.3 Å². The number of hydrogen-bond donors (Lipinski definition) is 1. The van der Waals surface area contributed by atoms with Gasteiger partial charge in [0.1, 0.15) is 5.56 Å². The highest BCUT2D eigenvalue weighted by Crippen LogP contribution is 2.11. The molecule has 5 nitrogen and oxygen atoms in total. The van der Waals surface area contributed by atoms with Crippen molar-refractivity contribution in [3.8, 4) is 0 Å². The molecule has 0 fully saturated rings. The molecule has 1 N–H and O–H groups in total. The predicted octanol–water partition coefficient (Wildman–Crippen LogP) is 0.628. The molecule has 0 bridgehead atoms. The number of ether oxygens (including phenoxy) is 1. The van der Waals surface area contributed by atoms with Gasteiger partial charge in [0.05, 0.1) is 7.11 Å². The molecule has 0 spiro atoms. The predicted molar refractivity (Wildman–Crippen MR) is 40.4 cm³/mol. The lowest BCUT2D eigenvalue weighted by molar-refractivity contribution is 0.0582. The lowest BCUT2D eigenvalue weighted by atomic mass is 10.2. The number of rotatable bonds is 2. The fourth-order valence-corrected chi connectivity index (χ4v) is 1.29. The maximum Gasteiger partial charge on any atom is 0.356 e. The van der Waals surface area contributed by atoms with Gasteiger partial charge in [0.15, 0.2) is 5.69 Å². The van der Waals surface area contributed by atoms with Gasteiger partial charge in [-0.05, 0) is 11.5 Å². The molecule has 0 atom stereocenters. The van der Waals surface area contributed by atoms with E-state index in [4.69, 9.17) is 5.11 Å². The van der Waals surface area contributed by atoms with E-state index in [0.29, 0.717) is 0 Å². The standard InChI is InChI=1S/C6H5NO4S/c1-11-6(10)3-2-12-7-4(3)5(8)9/h2H,1H3,(H,8,9). The van der Waals surface area contributed by atoms with Crippen molar-refractivity contribution in [1.82, 2.24) is 4.37 Å². The van der Waals surface area contributed by atoms with E-state index in [1.807, 2.05) is 0 Å². The number of methoxy groups -OCH3 is 1. The van der Waals surface area contributed by atoms with Crippen molar-refractivity contribution in [3.63, 3.8) is 0 Å². The van der Waals surface area contributed by atoms with Gasteiger partial charge >= 0.3 is 11.9 Å². The van der Waals surface area contributed by atoms with Crippen LogP contribution < -0.4 is 0 Å². The van der Waals surface area contributed by atoms with Crippen LogP contribution in [0.5, 0.6) is 0 Å². The molecule has 1 heterocycles. The van der Waals surface area contributed by atoms with E-state index in [2.05, 4.69) is 9.11 Å². The molecule has 0 aliphatic carbocycles. The quantitative estimate of drug-likeness (QED) is 0.687. The third-order valence-electron chi connectivity index (χ3n) is 1.18. The van der Waals surface area contributed by atoms with Crippen molar-refractivity contribution in [2.75, 3.05) is 7.11 Å². The fourth-order valence-electron chi connectivity index (χ4n) is 0.646. The van der Waals surface area contributed by atoms with Gasteiger partial charge in [-0.25, -0.2) is 9.59 Å². The Bertz CT molecular complexity index is 319. The zero-order valence-corrected chi connectivity index (χ0v) is 6.92. The maximum atomic E-state index is 10.9. The minimum atomic E-state index is -1.23. The Kier molecular flexibility index (Phi) is 2.39. The summed E-state index contributed by atoms with van der Waals surface area (Å²) in [6.07, 6.45) is 0. The van der Waals surface area contributed by atoms with Crippen LogP contribution in [0.2, 0.25) is 0 Å². The average molecular weight is 187 g/mol. The van der Waals surface area contributed by atoms with Crippen LogP contribution in [0.4, 0.5) is 0 Å². The van der Waals surface area contributed by atoms with E-state index >= 15 is 0 Å². The second-order valence-electron chi connectivity index (χ2n) is 1.87. The first kappa shape index (κ1) is 8.66. The summed E-state index contributed by atoms with van der Waals surface area (Å²) in [7, 11) is 1.19. The number of hydrogen-bond acceptors (Lipinski definition) is 5. The third-order valence-corrected chi connectivity index (χ3v) is 1.81. The van der Waals surface area contributed by atoms with E-state index in [0.717, 1.165) is 11.5 Å². The average Bonchev–Trinajstić information content (AvgIpc) is 2.50. The van der Waals surface area contributed by atoms with E-state index in [1.54, 1.807) is 0 Å². The van der Waals surface area contributed by atoms with Crippen molar-refractivity contribution in [3.05, 3.63) is 16.6 Å². The van der Waals surface area contributed by atoms with Gasteiger partial charge in [-0.2, -0.15) is 4.37 Å². The molecule has 1 aromatic rings. The lowest BCUT2D eigenvalue weighted by Gasteiger charge is -1.94. The van der Waals surface area contributed by atoms with Crippen LogP contribution in [0.1, 0.15) is 20.8 Å². The molecule has 6 heteroatoms. The topological polar surface area (TPSA) is 76.5 Å². The number of carbonyl (C=O) groups excluding carboxylic acids is 1. The Morgan fingerprint density at radius 3 is 2.83 bits per heavy atom. The largest absolute Gasteiger partial charge is 0.476 e. The molecule has 0 unspecified atom stereocenters. The second-order valence-corrected chi connectivity index (χ2v) is 2.50. The maximum absolute atomic E-state index is 10.9. The first-order valence-corrected chi connectivity index (χ1v) is 3.76. The number of carbonyl (C=O) groups is 2. The second kappa shape index (κ2) is 3.31. The van der Waals surface area contributed by atoms with Crippen LogP contribution >= 0.6 is 11.5 Å². The Morgan fingerprint density at radius 1 is 1.67 bits per heavy atom. The highest BCUT2D eigenvalue weighted by atomic mass is 32.1. The minimum absolute atomic E-state index is 0.00463. The van der Waals surface area contributed by atoms with Crippen LogP contribution in [0.25, 0.3) is 0 Å². The molecular formula is C6H5NO4S. The van der Waals surface area contributed by atoms with Crippen molar-refractivity contribution < 1.29 is 19.4 Å². The zero-order chi connectivity index (χ0) is 9.14. The molecule has 0 saturated carbocycles. The van der Waals surface area contributed by atoms with Crippen molar-refractivity contribution in [1.29, 1.82) is 0 Å². The summed E-state index contributed by atoms with van der Waals surface area (Å²) in [5.74, 6) is -1.90. The van der Waals surface area contributed by atoms with Crippen LogP contribution in [-0.4, -0.2) is 28.5 Å². The minimum Gasteiger partial charge on any atom is -0.476 e. The Balaban J connectivity index is 3.07. The molecule has 0 aromatic carbocycles. The first-order valence-electron chi connectivity index (χ1n) is 2.92. The van der Waals surface area contributed by atoms with E-state index < -0.39 is 11.9 Å². The summed E-state index contributed by atoms with van der Waals surface area (Å²) in [6.45, 7) is 0. The van der Waals surface area contributed by atoms with Gasteiger partial charge in [0, 0.05) is 5.38 Å². The van der Waals surface area contributed by atoms with E-state index in [9.17, 15) is 9.59 Å². The molecule has 1 rings (SSSR count). The van der Waals surface area contributed by atoms with Crippen molar-refractivity contribution in [2.24, 2.45) is 0 Å². The van der Waals surface area contributed by atoms with Gasteiger partial charge in [0.25, 0.3) is 0 Å². The smallest absolute Gasteiger partial charge is 0.356 e. The summed E-state index contributed by atoms with van der Waals surface area (Å²) in [6, 6.07) is 0. The van der Waals surface area contributed by atoms with Crippen molar-refractivity contribution in [2.45, 2.75) is 0 Å². The summed E-state index contributed by atoms with van der Waals surface area (Å²) >= 11 is 0.907. The Hall–Kier alpha value is -1.43. The zero-order valence-electron chi connectivity index (χ0n) is 6.10. The molecule has 0 radical (unpaired) electrons. The molecule has 0 aliphatic rings. The highest BCUT2D eigenvalue weighted by molar-refractivity contribution is 7.04. The van der Waals surface area contributed by atoms with Gasteiger partial charge in [0.2, 0.25) is 0 Å². The van der Waals surface area contributed by atoms with Crippen LogP contribution in [0, 0.1) is 0 Å². The van der Waals surface area contributed by atoms with Crippen LogP contribution in [0.15, 0.2) is 5.38 Å². The molecule has 0 saturated heterocycles. The fraction of sp³-hybridized carbons (Fsp3) is 0.167. The first-order chi connectivity index (χ1) is 5.66. The lowest BCUT2D eigenvalue weighted by Crippen LogP contribution is -2.08. The van der Waals surface area contributed by atoms with Gasteiger partial charge in [-0.1, -0.05) is 0 Å². The SMILES string of the molecule is COC(=O)c1csnc1C(=O)O. The number of aromatic carboxylic acids is 1. The molecule has 12 heavy (non-hydrogen) atoms. The molecule has 0 aliphatic heterocycles. The van der Waals surface area contributed by atoms with Gasteiger partial charge in [-0.15, -0.1) is 0 Å². The monoisotopic (exact) mass is 187 g/mol. The molecule has 1 aromatic heterocycles. The van der Waals surface area contributed by atoms with E-state index in [1.165, 1.54) is 12.5 Å². The van der Waals surface area contributed by atoms with Crippen LogP contribution in [0.3, 0.4) is 0 Å².